The Bertz CT molecular complexity index is 1680. The number of likely N-dealkylation sites (N-methyl/N-ethyl adjacent to an activating group) is 1. The zero-order valence-corrected chi connectivity index (χ0v) is 27.3. The van der Waals surface area contributed by atoms with Crippen LogP contribution in [0.15, 0.2) is 54.6 Å². The fourth-order valence-corrected chi connectivity index (χ4v) is 7.58. The van der Waals surface area contributed by atoms with Gasteiger partial charge in [-0.1, -0.05) is 31.2 Å². The van der Waals surface area contributed by atoms with Crippen molar-refractivity contribution in [3.05, 3.63) is 88.0 Å². The first-order valence-electron chi connectivity index (χ1n) is 15.7. The fraction of sp³-hybridized carbons (Fsp3) is 0.405. The van der Waals surface area contributed by atoms with Crippen LogP contribution in [0.4, 0.5) is 0 Å². The third kappa shape index (κ3) is 5.46. The highest BCUT2D eigenvalue weighted by Gasteiger charge is 2.54. The SMILES string of the molecule is CCc1ccc(/C=C/C(=O)OC[C@H]2c3cc(OC)c(OC)cc3C[C@H]3[C@H]4c5cc(OC)c(OC)cc5C[C@@H]([C@H](C#N)N23)N4C)cc1. The number of ether oxygens (including phenoxy) is 5. The average Bonchev–Trinajstić information content (AvgIpc) is 3.08. The van der Waals surface area contributed by atoms with Crippen molar-refractivity contribution in [1.29, 1.82) is 5.26 Å². The van der Waals surface area contributed by atoms with Crippen molar-refractivity contribution in [1.82, 2.24) is 9.80 Å². The van der Waals surface area contributed by atoms with Crippen LogP contribution in [0.25, 0.3) is 6.08 Å². The molecule has 3 aliphatic heterocycles. The second-order valence-corrected chi connectivity index (χ2v) is 12.1. The predicted molar refractivity (Wildman–Crippen MR) is 174 cm³/mol. The van der Waals surface area contributed by atoms with Crippen LogP contribution in [-0.4, -0.2) is 76.0 Å². The normalized spacial score (nSPS) is 23.5. The molecule has 0 spiro atoms. The first-order valence-corrected chi connectivity index (χ1v) is 15.7. The average molecular weight is 624 g/mol. The van der Waals surface area contributed by atoms with Crippen LogP contribution >= 0.6 is 0 Å². The van der Waals surface area contributed by atoms with Gasteiger partial charge in [0.2, 0.25) is 0 Å². The Balaban J connectivity index is 1.39. The van der Waals surface area contributed by atoms with E-state index >= 15 is 0 Å². The van der Waals surface area contributed by atoms with Crippen LogP contribution < -0.4 is 18.9 Å². The molecule has 1 fully saturated rings. The second-order valence-electron chi connectivity index (χ2n) is 12.1. The molecule has 0 aliphatic carbocycles. The van der Waals surface area contributed by atoms with E-state index in [1.165, 1.54) is 11.6 Å². The van der Waals surface area contributed by atoms with E-state index in [1.807, 2.05) is 24.3 Å². The molecular formula is C37H41N3O6. The van der Waals surface area contributed by atoms with Gasteiger partial charge in [-0.25, -0.2) is 4.79 Å². The second kappa shape index (κ2) is 13.1. The number of rotatable bonds is 9. The summed E-state index contributed by atoms with van der Waals surface area (Å²) in [5.41, 5.74) is 6.51. The van der Waals surface area contributed by atoms with Gasteiger partial charge in [-0.2, -0.15) is 5.26 Å². The first-order chi connectivity index (χ1) is 22.3. The molecule has 3 aromatic carbocycles. The number of hydrogen-bond acceptors (Lipinski definition) is 9. The smallest absolute Gasteiger partial charge is 0.330 e. The van der Waals surface area contributed by atoms with Crippen molar-refractivity contribution in [2.24, 2.45) is 0 Å². The van der Waals surface area contributed by atoms with E-state index < -0.39 is 12.0 Å². The van der Waals surface area contributed by atoms with Gasteiger partial charge in [0.15, 0.2) is 23.0 Å². The Labute approximate surface area is 270 Å². The predicted octanol–water partition coefficient (Wildman–Crippen LogP) is 5.31. The van der Waals surface area contributed by atoms with Crippen LogP contribution in [0.1, 0.15) is 52.4 Å². The van der Waals surface area contributed by atoms with Crippen molar-refractivity contribution in [3.63, 3.8) is 0 Å². The van der Waals surface area contributed by atoms with Gasteiger partial charge in [-0.3, -0.25) is 9.80 Å². The van der Waals surface area contributed by atoms with Gasteiger partial charge in [0.05, 0.1) is 46.6 Å². The van der Waals surface area contributed by atoms with Gasteiger partial charge >= 0.3 is 5.97 Å². The monoisotopic (exact) mass is 623 g/mol. The third-order valence-corrected chi connectivity index (χ3v) is 9.90. The molecule has 3 aromatic rings. The zero-order valence-electron chi connectivity index (χ0n) is 27.3. The Morgan fingerprint density at radius 3 is 2.02 bits per heavy atom. The molecule has 0 radical (unpaired) electrons. The lowest BCUT2D eigenvalue weighted by Gasteiger charge is -2.59. The Hall–Kier alpha value is -4.52. The maximum absolute atomic E-state index is 13.1. The van der Waals surface area contributed by atoms with Gasteiger partial charge in [0, 0.05) is 18.2 Å². The molecule has 9 heteroatoms. The minimum absolute atomic E-state index is 0.0383. The molecule has 240 valence electrons. The number of hydrogen-bond donors (Lipinski definition) is 0. The summed E-state index contributed by atoms with van der Waals surface area (Å²) in [5.74, 6) is 2.15. The molecule has 0 amide bonds. The number of carbonyl (C=O) groups excluding carboxylic acids is 1. The summed E-state index contributed by atoms with van der Waals surface area (Å²) in [4.78, 5) is 17.7. The maximum Gasteiger partial charge on any atom is 0.330 e. The molecule has 0 unspecified atom stereocenters. The quantitative estimate of drug-likeness (QED) is 0.232. The standard InChI is InChI=1S/C37H41N3O6/c1-7-22-8-10-23(11-9-22)12-13-36(41)46-21-31-26-18-34(44-5)32(42-3)16-24(26)15-29-37-27-19-35(45-6)33(43-4)17-25(27)14-28(39(37)2)30(20-38)40(29)31/h8-13,16-19,28-31,37H,7,14-15,21H2,1-6H3/b13-12+/t28-,29-,30-,31-,37+/m0/s1. The van der Waals surface area contributed by atoms with E-state index in [9.17, 15) is 10.1 Å². The first kappa shape index (κ1) is 31.5. The number of piperazine rings is 1. The molecule has 3 heterocycles. The van der Waals surface area contributed by atoms with Crippen molar-refractivity contribution in [3.8, 4) is 29.1 Å². The molecule has 1 saturated heterocycles. The molecular weight excluding hydrogens is 582 g/mol. The number of carbonyl (C=O) groups is 1. The Morgan fingerprint density at radius 1 is 0.870 bits per heavy atom. The largest absolute Gasteiger partial charge is 0.493 e. The number of nitrogens with zero attached hydrogens (tertiary/aromatic N) is 3. The number of aryl methyl sites for hydroxylation is 1. The lowest BCUT2D eigenvalue weighted by molar-refractivity contribution is -0.143. The topological polar surface area (TPSA) is 93.5 Å². The lowest BCUT2D eigenvalue weighted by atomic mass is 9.72. The maximum atomic E-state index is 13.1. The summed E-state index contributed by atoms with van der Waals surface area (Å²) in [6.07, 6.45) is 5.53. The summed E-state index contributed by atoms with van der Waals surface area (Å²) < 4.78 is 28.7. The van der Waals surface area contributed by atoms with E-state index in [1.54, 1.807) is 34.5 Å². The number of fused-ring (bicyclic) bond motifs is 7. The molecule has 5 atom stereocenters. The summed E-state index contributed by atoms with van der Waals surface area (Å²) in [5, 5.41) is 10.7. The van der Waals surface area contributed by atoms with E-state index in [2.05, 4.69) is 54.1 Å². The van der Waals surface area contributed by atoms with Crippen molar-refractivity contribution < 1.29 is 28.5 Å². The van der Waals surface area contributed by atoms with Gasteiger partial charge in [-0.05, 0) is 90.0 Å². The molecule has 9 nitrogen and oxygen atoms in total. The van der Waals surface area contributed by atoms with E-state index in [0.717, 1.165) is 34.2 Å². The summed E-state index contributed by atoms with van der Waals surface area (Å²) >= 11 is 0. The molecule has 0 N–H and O–H groups in total. The summed E-state index contributed by atoms with van der Waals surface area (Å²) in [6, 6.07) is 17.8. The molecule has 3 aliphatic rings. The number of benzene rings is 3. The van der Waals surface area contributed by atoms with E-state index in [0.29, 0.717) is 35.8 Å². The Kier molecular flexibility index (Phi) is 8.94. The lowest BCUT2D eigenvalue weighted by Crippen LogP contribution is -2.68. The molecule has 6 rings (SSSR count). The summed E-state index contributed by atoms with van der Waals surface area (Å²) in [7, 11) is 8.63. The zero-order chi connectivity index (χ0) is 32.5. The van der Waals surface area contributed by atoms with Crippen LogP contribution in [0.3, 0.4) is 0 Å². The van der Waals surface area contributed by atoms with Gasteiger partial charge < -0.3 is 23.7 Å². The van der Waals surface area contributed by atoms with E-state index in [-0.39, 0.29) is 30.8 Å². The van der Waals surface area contributed by atoms with Crippen LogP contribution in [0, 0.1) is 11.3 Å². The molecule has 0 saturated carbocycles. The van der Waals surface area contributed by atoms with Crippen LogP contribution in [0.2, 0.25) is 0 Å². The summed E-state index contributed by atoms with van der Waals surface area (Å²) in [6.45, 7) is 2.19. The highest BCUT2D eigenvalue weighted by molar-refractivity contribution is 5.87. The molecule has 0 aromatic heterocycles. The number of methoxy groups -OCH3 is 4. The van der Waals surface area contributed by atoms with Gasteiger partial charge in [-0.15, -0.1) is 0 Å². The molecule has 2 bridgehead atoms. The van der Waals surface area contributed by atoms with Gasteiger partial charge in [0.1, 0.15) is 12.6 Å². The highest BCUT2D eigenvalue weighted by Crippen LogP contribution is 2.52. The Morgan fingerprint density at radius 2 is 1.43 bits per heavy atom. The third-order valence-electron chi connectivity index (χ3n) is 9.90. The minimum Gasteiger partial charge on any atom is -0.493 e. The highest BCUT2D eigenvalue weighted by atomic mass is 16.5. The van der Waals surface area contributed by atoms with Crippen LogP contribution in [-0.2, 0) is 28.8 Å². The van der Waals surface area contributed by atoms with Crippen LogP contribution in [0.5, 0.6) is 23.0 Å². The van der Waals surface area contributed by atoms with Gasteiger partial charge in [0.25, 0.3) is 0 Å². The van der Waals surface area contributed by atoms with Crippen molar-refractivity contribution in [2.75, 3.05) is 42.1 Å². The number of nitriles is 1. The molecule has 46 heavy (non-hydrogen) atoms. The number of esters is 1. The minimum atomic E-state index is -0.454. The van der Waals surface area contributed by atoms with E-state index in [4.69, 9.17) is 23.7 Å². The van der Waals surface area contributed by atoms with Crippen molar-refractivity contribution in [2.45, 2.75) is 56.4 Å². The van der Waals surface area contributed by atoms with Crippen molar-refractivity contribution >= 4 is 12.0 Å². The fourth-order valence-electron chi connectivity index (χ4n) is 7.58.